The van der Waals surface area contributed by atoms with E-state index in [0.717, 1.165) is 56.6 Å². The molecule has 9 N–H and O–H groups in total. The van der Waals surface area contributed by atoms with E-state index in [-0.39, 0.29) is 41.9 Å². The first-order chi connectivity index (χ1) is 49.2. The van der Waals surface area contributed by atoms with Crippen LogP contribution in [0.4, 0.5) is 13.2 Å². The highest BCUT2D eigenvalue weighted by molar-refractivity contribution is 6.22. The van der Waals surface area contributed by atoms with Gasteiger partial charge in [-0.3, -0.25) is 71.3 Å². The van der Waals surface area contributed by atoms with Crippen LogP contribution >= 0.6 is 58.0 Å². The van der Waals surface area contributed by atoms with Crippen molar-refractivity contribution in [3.63, 3.8) is 0 Å². The summed E-state index contributed by atoms with van der Waals surface area (Å²) in [7, 11) is 1.57. The van der Waals surface area contributed by atoms with Crippen molar-refractivity contribution in [2.45, 2.75) is 179 Å². The minimum Gasteiger partial charge on any atom is -0.497 e. The Labute approximate surface area is 614 Å². The van der Waals surface area contributed by atoms with Crippen molar-refractivity contribution in [1.29, 1.82) is 0 Å². The molecular weight excluding hydrogens is 1490 g/mol. The highest BCUT2D eigenvalue weighted by Crippen LogP contribution is 2.49. The van der Waals surface area contributed by atoms with Gasteiger partial charge in [0.05, 0.1) is 60.8 Å². The van der Waals surface area contributed by atoms with Gasteiger partial charge in [0.15, 0.2) is 31.1 Å². The summed E-state index contributed by atoms with van der Waals surface area (Å²) in [6, 6.07) is 13.1. The molecule has 104 heavy (non-hydrogen) atoms. The summed E-state index contributed by atoms with van der Waals surface area (Å²) in [4.78, 5) is 125. The van der Waals surface area contributed by atoms with Gasteiger partial charge >= 0.3 is 28.4 Å². The fourth-order valence-corrected chi connectivity index (χ4v) is 14.8. The van der Waals surface area contributed by atoms with Gasteiger partial charge in [0, 0.05) is 79.1 Å². The lowest BCUT2D eigenvalue weighted by molar-refractivity contribution is -0.137. The number of aliphatic hydroxyl groups is 5. The normalized spacial score (nSPS) is 31.7. The number of nitrogens with one attached hydrogen (secondary N) is 4. The van der Waals surface area contributed by atoms with Crippen molar-refractivity contribution in [3.8, 4) is 5.75 Å². The molecule has 0 radical (unpaired) electrons. The SMILES string of the molecule is CCC1(CC)O[C@@H](n2ccc(=O)[nH]c2=O)[C@H](Cl)[C@@H]1C.CC[C@@]1(CF)O[C@@H](n2ccc(=O)[nH]c2=O)[C@H](Cl)[C@@H]1C.CC[C@@]1(CO)O[C@@H](n2ccc(=O)n(Cc3ccc(OC)cc3)c2=O)[C@H](Cl)[C@@H]1C.O=c1ccn([C@@H]2O[C@@](CO)(CF)[C@@H](O)[C@H]2Cl)c(=O)[nH]1.O=c1ccn([C@@H]2O[C@@](CO)(CF)[C@@H](O)[C@H]2Cl)c(=O)[nH]1. The van der Waals surface area contributed by atoms with Crippen LogP contribution in [0.2, 0.25) is 0 Å². The van der Waals surface area contributed by atoms with Gasteiger partial charge in [0.2, 0.25) is 0 Å². The van der Waals surface area contributed by atoms with Crippen LogP contribution < -0.4 is 61.0 Å². The zero-order chi connectivity index (χ0) is 77.3. The third kappa shape index (κ3) is 17.0. The molecule has 5 saturated heterocycles. The minimum absolute atomic E-state index is 0.122. The number of aromatic nitrogens is 10. The molecule has 39 heteroatoms. The Morgan fingerprint density at radius 1 is 0.423 bits per heavy atom. The van der Waals surface area contributed by atoms with Gasteiger partial charge in [0.25, 0.3) is 27.8 Å². The number of rotatable bonds is 18. The van der Waals surface area contributed by atoms with Gasteiger partial charge < -0.3 is 54.0 Å². The zero-order valence-corrected chi connectivity index (χ0v) is 61.3. The fourth-order valence-electron chi connectivity index (χ4n) is 12.8. The van der Waals surface area contributed by atoms with Crippen molar-refractivity contribution < 1.29 is 67.1 Å². The molecule has 0 amide bonds. The first-order valence-electron chi connectivity index (χ1n) is 32.8. The van der Waals surface area contributed by atoms with Gasteiger partial charge in [-0.05, 0) is 43.4 Å². The molecule has 0 bridgehead atoms. The van der Waals surface area contributed by atoms with Crippen LogP contribution in [0.3, 0.4) is 0 Å². The van der Waals surface area contributed by atoms with E-state index in [1.165, 1.54) is 50.5 Å². The molecule has 576 valence electrons. The van der Waals surface area contributed by atoms with E-state index >= 15 is 0 Å². The predicted molar refractivity (Wildman–Crippen MR) is 375 cm³/mol. The molecule has 1 aromatic carbocycles. The quantitative estimate of drug-likeness (QED) is 0.0559. The number of alkyl halides is 8. The molecule has 5 aliphatic heterocycles. The lowest BCUT2D eigenvalue weighted by atomic mass is 9.84. The van der Waals surface area contributed by atoms with Crippen molar-refractivity contribution >= 4 is 58.0 Å². The number of halogens is 8. The average molecular weight is 1580 g/mol. The van der Waals surface area contributed by atoms with Crippen molar-refractivity contribution in [2.24, 2.45) is 17.8 Å². The van der Waals surface area contributed by atoms with Crippen LogP contribution in [0.25, 0.3) is 0 Å². The Morgan fingerprint density at radius 3 is 0.990 bits per heavy atom. The van der Waals surface area contributed by atoms with Gasteiger partial charge in [-0.1, -0.05) is 60.6 Å². The number of methoxy groups -OCH3 is 1. The van der Waals surface area contributed by atoms with E-state index in [1.54, 1.807) is 38.3 Å². The standard InChI is InChI=1S/C20H25ClN2O5.C13H19ClN2O3.C12H16ClFN2O3.2C10H12ClFN2O5/c1-4-20(12-24)13(2)17(21)18(28-20)22-10-9-16(25)23(19(22)26)11-14-5-7-15(27-3)8-6-14;1-4-13(5-2)8(3)10(14)11(19-13)16-7-6-9(17)15-12(16)18;1-3-12(6-14)7(2)9(13)10(19-12)16-5-4-8(17)15-11(16)18;2*11-6-7(17)10(3-12,4-15)19-8(6)14-2-1-5(16)13-9(14)18/h5-10,13,17-18,24H,4,11-12H2,1-3H3;6-8,10-11H,4-5H2,1-3H3,(H,15,17,18);4-5,7,9-10H,3,6H2,1-2H3,(H,15,17,18);2*1-2,6-8,15,17H,3-4H2,(H,13,16,18)/t13-,17+,18+,20-;8-,10+,11+;7-,9+,10+,12-;2*6-,7+,8-,10-/m00011/s1. The highest BCUT2D eigenvalue weighted by atomic mass is 35.5. The van der Waals surface area contributed by atoms with Crippen molar-refractivity contribution in [1.82, 2.24) is 47.3 Å². The maximum atomic E-state index is 13.3. The van der Waals surface area contributed by atoms with Gasteiger partial charge in [0.1, 0.15) is 65.5 Å². The number of benzene rings is 1. The second-order valence-electron chi connectivity index (χ2n) is 25.5. The third-order valence-corrected chi connectivity index (χ3v) is 22.7. The van der Waals surface area contributed by atoms with E-state index in [0.29, 0.717) is 18.6 Å². The van der Waals surface area contributed by atoms with Crippen LogP contribution in [-0.4, -0.2) is 187 Å². The molecule has 0 aliphatic carbocycles. The first-order valence-corrected chi connectivity index (χ1v) is 35.0. The minimum atomic E-state index is -1.87. The van der Waals surface area contributed by atoms with Crippen LogP contribution in [0.1, 0.15) is 111 Å². The maximum Gasteiger partial charge on any atom is 0.333 e. The molecule has 5 aliphatic rings. The Morgan fingerprint density at radius 2 is 0.712 bits per heavy atom. The monoisotopic (exact) mass is 1570 g/mol. The molecule has 6 aromatic rings. The van der Waals surface area contributed by atoms with Crippen LogP contribution in [0.5, 0.6) is 5.75 Å². The van der Waals surface area contributed by atoms with E-state index in [9.17, 15) is 76.4 Å². The van der Waals surface area contributed by atoms with Gasteiger partial charge in [-0.25, -0.2) is 37.1 Å². The average Bonchev–Trinajstić information content (AvgIpc) is 1.91. The summed E-state index contributed by atoms with van der Waals surface area (Å²) in [6.07, 6.45) is 1.65. The summed E-state index contributed by atoms with van der Waals surface area (Å²) in [5, 5.41) is 44.2. The number of aromatic amines is 4. The molecule has 0 spiro atoms. The summed E-state index contributed by atoms with van der Waals surface area (Å²) < 4.78 is 79.6. The van der Waals surface area contributed by atoms with Gasteiger partial charge in [-0.2, -0.15) is 0 Å². The zero-order valence-electron chi connectivity index (χ0n) is 57.5. The predicted octanol–water partition coefficient (Wildman–Crippen LogP) is 2.74. The molecule has 5 aromatic heterocycles. The van der Waals surface area contributed by atoms with Crippen molar-refractivity contribution in [2.75, 3.05) is 47.0 Å². The number of nitrogens with zero attached hydrogens (tertiary/aromatic N) is 6. The Balaban J connectivity index is 0.000000184. The molecule has 0 unspecified atom stereocenters. The Bertz CT molecular complexity index is 4090. The second kappa shape index (κ2) is 35.3. The van der Waals surface area contributed by atoms with E-state index < -0.39 is 177 Å². The van der Waals surface area contributed by atoms with Crippen LogP contribution in [0, 0.1) is 17.8 Å². The molecule has 10 heterocycles. The largest absolute Gasteiger partial charge is 0.497 e. The Kier molecular flexibility index (Phi) is 28.7. The lowest BCUT2D eigenvalue weighted by Crippen LogP contribution is -2.47. The summed E-state index contributed by atoms with van der Waals surface area (Å²) in [6.45, 7) is 8.95. The molecule has 19 atom stereocenters. The second-order valence-corrected chi connectivity index (χ2v) is 28.0. The molecule has 31 nitrogen and oxygen atoms in total. The van der Waals surface area contributed by atoms with E-state index in [2.05, 4.69) is 23.8 Å². The number of aliphatic hydroxyl groups excluding tert-OH is 5. The maximum absolute atomic E-state index is 13.3. The van der Waals surface area contributed by atoms with Crippen molar-refractivity contribution in [3.05, 3.63) is 195 Å². The first kappa shape index (κ1) is 84.5. The molecular formula is C65H84Cl5F3N10O21. The number of ether oxygens (including phenoxy) is 6. The number of hydrogen-bond donors (Lipinski definition) is 9. The van der Waals surface area contributed by atoms with Crippen LogP contribution in [0.15, 0.2) is 134 Å². The van der Waals surface area contributed by atoms with Crippen LogP contribution in [-0.2, 0) is 30.2 Å². The molecule has 5 fully saturated rings. The molecule has 0 saturated carbocycles. The van der Waals surface area contributed by atoms with E-state index in [1.807, 2.05) is 37.7 Å². The summed E-state index contributed by atoms with van der Waals surface area (Å²) in [5.41, 5.74) is -10.8. The number of H-pyrrole nitrogens is 4. The summed E-state index contributed by atoms with van der Waals surface area (Å²) >= 11 is 31.1. The Hall–Kier alpha value is -6.74. The molecule has 11 rings (SSSR count). The summed E-state index contributed by atoms with van der Waals surface area (Å²) in [5.74, 6) is 0.420. The highest BCUT2D eigenvalue weighted by Gasteiger charge is 2.58. The number of hydrogen-bond acceptors (Lipinski definition) is 21. The topological polar surface area (TPSA) is 420 Å². The lowest BCUT2D eigenvalue weighted by Gasteiger charge is -2.30. The van der Waals surface area contributed by atoms with E-state index in [4.69, 9.17) is 96.6 Å². The fraction of sp³-hybridized carbons (Fsp3) is 0.600. The third-order valence-electron chi connectivity index (χ3n) is 20.0. The van der Waals surface area contributed by atoms with Gasteiger partial charge in [-0.15, -0.1) is 58.0 Å². The smallest absolute Gasteiger partial charge is 0.333 e.